The van der Waals surface area contributed by atoms with Gasteiger partial charge in [0.05, 0.1) is 6.42 Å². The van der Waals surface area contributed by atoms with Crippen molar-refractivity contribution in [3.63, 3.8) is 0 Å². The largest absolute Gasteiger partial charge is 0.462 e. The number of carbonyl (C=O) groups excluding carboxylic acids is 1. The van der Waals surface area contributed by atoms with E-state index in [2.05, 4.69) is 6.92 Å². The Hall–Kier alpha value is -0.570. The lowest BCUT2D eigenvalue weighted by Crippen LogP contribution is -2.19. The average molecular weight is 186 g/mol. The van der Waals surface area contributed by atoms with Gasteiger partial charge in [-0.2, -0.15) is 0 Å². The van der Waals surface area contributed by atoms with E-state index < -0.39 is 0 Å². The molecule has 0 amide bonds. The molecule has 0 radical (unpaired) electrons. The molecule has 0 aliphatic carbocycles. The molecule has 0 aromatic carbocycles. The Morgan fingerprint density at radius 2 is 2.31 bits per heavy atom. The molecule has 1 aliphatic rings. The van der Waals surface area contributed by atoms with Crippen LogP contribution in [0.1, 0.15) is 39.0 Å². The Morgan fingerprint density at radius 1 is 1.54 bits per heavy atom. The van der Waals surface area contributed by atoms with E-state index in [1.807, 2.05) is 0 Å². The van der Waals surface area contributed by atoms with Crippen LogP contribution in [0.15, 0.2) is 0 Å². The number of hydrogen-bond donors (Lipinski definition) is 1. The summed E-state index contributed by atoms with van der Waals surface area (Å²) in [6.45, 7) is 2.21. The maximum atomic E-state index is 10.9. The van der Waals surface area contributed by atoms with Crippen molar-refractivity contribution in [3.05, 3.63) is 0 Å². The number of rotatable bonds is 5. The second-order valence-corrected chi connectivity index (χ2v) is 3.67. The Kier molecular flexibility index (Phi) is 4.22. The molecule has 3 heteroatoms. The first-order valence-corrected chi connectivity index (χ1v) is 5.08. The first-order chi connectivity index (χ1) is 6.27. The van der Waals surface area contributed by atoms with Crippen LogP contribution in [0.4, 0.5) is 0 Å². The summed E-state index contributed by atoms with van der Waals surface area (Å²) in [5.41, 5.74) is 0. The highest BCUT2D eigenvalue weighted by atomic mass is 16.6. The lowest BCUT2D eigenvalue weighted by Gasteiger charge is -2.14. The van der Waals surface area contributed by atoms with Gasteiger partial charge in [0.2, 0.25) is 0 Å². The molecule has 2 atom stereocenters. The molecular formula is C10H18O3. The SMILES string of the molecule is CCCCC[C@H]1OC(=O)C[C@@H]1CO. The van der Waals surface area contributed by atoms with Gasteiger partial charge in [0.15, 0.2) is 0 Å². The highest BCUT2D eigenvalue weighted by molar-refractivity contribution is 5.72. The van der Waals surface area contributed by atoms with Gasteiger partial charge in [0.1, 0.15) is 6.10 Å². The molecule has 1 N–H and O–H groups in total. The molecule has 0 spiro atoms. The number of aliphatic hydroxyl groups excluding tert-OH is 1. The fourth-order valence-corrected chi connectivity index (χ4v) is 1.73. The number of aliphatic hydroxyl groups is 1. The second-order valence-electron chi connectivity index (χ2n) is 3.67. The van der Waals surface area contributed by atoms with Crippen LogP contribution in [0.5, 0.6) is 0 Å². The van der Waals surface area contributed by atoms with Crippen molar-refractivity contribution < 1.29 is 14.6 Å². The molecule has 0 bridgehead atoms. The molecular weight excluding hydrogens is 168 g/mol. The van der Waals surface area contributed by atoms with Crippen LogP contribution in [0.2, 0.25) is 0 Å². The van der Waals surface area contributed by atoms with E-state index >= 15 is 0 Å². The van der Waals surface area contributed by atoms with Crippen molar-refractivity contribution in [2.24, 2.45) is 5.92 Å². The molecule has 76 valence electrons. The summed E-state index contributed by atoms with van der Waals surface area (Å²) in [7, 11) is 0. The third-order valence-corrected chi connectivity index (χ3v) is 2.56. The van der Waals surface area contributed by atoms with Crippen LogP contribution in [0, 0.1) is 5.92 Å². The van der Waals surface area contributed by atoms with Crippen molar-refractivity contribution in [2.45, 2.75) is 45.1 Å². The summed E-state index contributed by atoms with van der Waals surface area (Å²) < 4.78 is 5.11. The first kappa shape index (κ1) is 10.5. The average Bonchev–Trinajstić information content (AvgIpc) is 2.47. The van der Waals surface area contributed by atoms with E-state index in [0.29, 0.717) is 6.42 Å². The van der Waals surface area contributed by atoms with E-state index in [0.717, 1.165) is 12.8 Å². The van der Waals surface area contributed by atoms with E-state index in [9.17, 15) is 4.79 Å². The summed E-state index contributed by atoms with van der Waals surface area (Å²) in [5, 5.41) is 8.98. The summed E-state index contributed by atoms with van der Waals surface area (Å²) >= 11 is 0. The Bertz CT molecular complexity index is 168. The predicted octanol–water partition coefficient (Wildman–Crippen LogP) is 1.49. The van der Waals surface area contributed by atoms with Gasteiger partial charge in [0, 0.05) is 12.5 Å². The van der Waals surface area contributed by atoms with Gasteiger partial charge >= 0.3 is 5.97 Å². The summed E-state index contributed by atoms with van der Waals surface area (Å²) in [6.07, 6.45) is 4.71. The third-order valence-electron chi connectivity index (χ3n) is 2.56. The lowest BCUT2D eigenvalue weighted by molar-refractivity contribution is -0.141. The number of esters is 1. The fraction of sp³-hybridized carbons (Fsp3) is 0.900. The van der Waals surface area contributed by atoms with Crippen molar-refractivity contribution in [2.75, 3.05) is 6.61 Å². The van der Waals surface area contributed by atoms with Crippen LogP contribution in [-0.4, -0.2) is 23.8 Å². The zero-order chi connectivity index (χ0) is 9.68. The van der Waals surface area contributed by atoms with Crippen molar-refractivity contribution in [1.29, 1.82) is 0 Å². The van der Waals surface area contributed by atoms with Gasteiger partial charge in [-0.3, -0.25) is 4.79 Å². The van der Waals surface area contributed by atoms with E-state index in [1.165, 1.54) is 12.8 Å². The molecule has 1 fully saturated rings. The minimum Gasteiger partial charge on any atom is -0.462 e. The summed E-state index contributed by atoms with van der Waals surface area (Å²) in [6, 6.07) is 0. The minimum absolute atomic E-state index is 0.0240. The van der Waals surface area contributed by atoms with E-state index in [4.69, 9.17) is 9.84 Å². The monoisotopic (exact) mass is 186 g/mol. The highest BCUT2D eigenvalue weighted by Gasteiger charge is 2.33. The molecule has 1 aliphatic heterocycles. The third kappa shape index (κ3) is 2.99. The number of hydrogen-bond acceptors (Lipinski definition) is 3. The van der Waals surface area contributed by atoms with Gasteiger partial charge in [-0.15, -0.1) is 0 Å². The molecule has 0 unspecified atom stereocenters. The number of unbranched alkanes of at least 4 members (excludes halogenated alkanes) is 2. The zero-order valence-electron chi connectivity index (χ0n) is 8.16. The van der Waals surface area contributed by atoms with Gasteiger partial charge in [0.25, 0.3) is 0 Å². The summed E-state index contributed by atoms with van der Waals surface area (Å²) in [4.78, 5) is 10.9. The standard InChI is InChI=1S/C10H18O3/c1-2-3-4-5-9-8(7-11)6-10(12)13-9/h8-9,11H,2-7H2,1H3/t8-,9-/m1/s1. The summed E-state index contributed by atoms with van der Waals surface area (Å²) in [5.74, 6) is -0.107. The van der Waals surface area contributed by atoms with E-state index in [1.54, 1.807) is 0 Å². The molecule has 0 aromatic heterocycles. The molecule has 1 saturated heterocycles. The minimum atomic E-state index is -0.152. The van der Waals surface area contributed by atoms with Gasteiger partial charge < -0.3 is 9.84 Å². The smallest absolute Gasteiger partial charge is 0.306 e. The number of cyclic esters (lactones) is 1. The fourth-order valence-electron chi connectivity index (χ4n) is 1.73. The highest BCUT2D eigenvalue weighted by Crippen LogP contribution is 2.25. The van der Waals surface area contributed by atoms with Gasteiger partial charge in [-0.25, -0.2) is 0 Å². The quantitative estimate of drug-likeness (QED) is 0.522. The van der Waals surface area contributed by atoms with Crippen LogP contribution in [0.25, 0.3) is 0 Å². The van der Waals surface area contributed by atoms with Gasteiger partial charge in [-0.1, -0.05) is 19.8 Å². The normalized spacial score (nSPS) is 27.7. The van der Waals surface area contributed by atoms with Crippen LogP contribution in [0.3, 0.4) is 0 Å². The van der Waals surface area contributed by atoms with Crippen LogP contribution in [-0.2, 0) is 9.53 Å². The molecule has 13 heavy (non-hydrogen) atoms. The maximum Gasteiger partial charge on any atom is 0.306 e. The lowest BCUT2D eigenvalue weighted by atomic mass is 9.98. The topological polar surface area (TPSA) is 46.5 Å². The van der Waals surface area contributed by atoms with Crippen molar-refractivity contribution in [3.8, 4) is 0 Å². The second kappa shape index (κ2) is 5.22. The Morgan fingerprint density at radius 3 is 2.92 bits per heavy atom. The van der Waals surface area contributed by atoms with E-state index in [-0.39, 0.29) is 24.6 Å². The van der Waals surface area contributed by atoms with Crippen molar-refractivity contribution >= 4 is 5.97 Å². The number of ether oxygens (including phenoxy) is 1. The van der Waals surface area contributed by atoms with Crippen molar-refractivity contribution in [1.82, 2.24) is 0 Å². The molecule has 1 rings (SSSR count). The molecule has 0 aromatic rings. The maximum absolute atomic E-state index is 10.9. The predicted molar refractivity (Wildman–Crippen MR) is 49.2 cm³/mol. The molecule has 3 nitrogen and oxygen atoms in total. The first-order valence-electron chi connectivity index (χ1n) is 5.08. The van der Waals surface area contributed by atoms with Gasteiger partial charge in [-0.05, 0) is 12.8 Å². The van der Waals surface area contributed by atoms with Crippen LogP contribution >= 0.6 is 0 Å². The zero-order valence-corrected chi connectivity index (χ0v) is 8.16. The Balaban J connectivity index is 2.27. The Labute approximate surface area is 79.1 Å². The molecule has 1 heterocycles. The number of carbonyl (C=O) groups is 1. The van der Waals surface area contributed by atoms with Crippen LogP contribution < -0.4 is 0 Å². The molecule has 0 saturated carbocycles.